The van der Waals surface area contributed by atoms with Crippen LogP contribution >= 0.6 is 0 Å². The smallest absolute Gasteiger partial charge is 0.304 e. The lowest BCUT2D eigenvalue weighted by molar-refractivity contribution is -0.137. The van der Waals surface area contributed by atoms with Crippen molar-refractivity contribution in [2.75, 3.05) is 13.7 Å². The first-order valence-electron chi connectivity index (χ1n) is 10.7. The Hall–Kier alpha value is -3.81. The van der Waals surface area contributed by atoms with Gasteiger partial charge in [0.05, 0.1) is 20.1 Å². The number of rotatable bonds is 7. The van der Waals surface area contributed by atoms with Gasteiger partial charge in [-0.3, -0.25) is 4.79 Å². The van der Waals surface area contributed by atoms with Gasteiger partial charge in [-0.2, -0.15) is 0 Å². The second kappa shape index (κ2) is 8.61. The molecule has 0 saturated heterocycles. The maximum Gasteiger partial charge on any atom is 0.304 e. The second-order valence-electron chi connectivity index (χ2n) is 8.02. The van der Waals surface area contributed by atoms with Crippen LogP contribution < -0.4 is 18.9 Å². The number of carboxylic acid groups (broad SMARTS) is 1. The number of methoxy groups -OCH3 is 1. The van der Waals surface area contributed by atoms with E-state index in [0.717, 1.165) is 11.1 Å². The summed E-state index contributed by atoms with van der Waals surface area (Å²) in [6.07, 6.45) is 2.34. The van der Waals surface area contributed by atoms with E-state index in [4.69, 9.17) is 24.1 Å². The summed E-state index contributed by atoms with van der Waals surface area (Å²) in [7, 11) is 1.53. The van der Waals surface area contributed by atoms with Crippen molar-refractivity contribution in [3.63, 3.8) is 0 Å². The number of nitrogens with zero attached hydrogens (tertiary/aromatic N) is 1. The van der Waals surface area contributed by atoms with E-state index >= 15 is 0 Å². The highest BCUT2D eigenvalue weighted by atomic mass is 19.1. The molecule has 1 unspecified atom stereocenters. The van der Waals surface area contributed by atoms with Crippen LogP contribution in [0.5, 0.6) is 28.9 Å². The Morgan fingerprint density at radius 2 is 2.09 bits per heavy atom. The first-order valence-corrected chi connectivity index (χ1v) is 10.7. The highest BCUT2D eigenvalue weighted by molar-refractivity contribution is 5.68. The lowest BCUT2D eigenvalue weighted by atomic mass is 9.98. The summed E-state index contributed by atoms with van der Waals surface area (Å²) < 4.78 is 37.8. The summed E-state index contributed by atoms with van der Waals surface area (Å²) in [6.45, 7) is 0.326. The normalized spacial score (nSPS) is 18.2. The number of aromatic nitrogens is 1. The minimum atomic E-state index is -0.863. The molecular formula is C25H22FNO6. The molecule has 2 aromatic carbocycles. The molecule has 0 radical (unpaired) electrons. The first-order chi connectivity index (χ1) is 16.0. The molecule has 0 fully saturated rings. The number of halogens is 1. The van der Waals surface area contributed by atoms with Crippen LogP contribution in [-0.2, 0) is 11.2 Å². The fourth-order valence-electron chi connectivity index (χ4n) is 4.42. The van der Waals surface area contributed by atoms with Crippen LogP contribution in [0.4, 0.5) is 4.39 Å². The minimum absolute atomic E-state index is 0.0144. The highest BCUT2D eigenvalue weighted by Crippen LogP contribution is 2.44. The fourth-order valence-corrected chi connectivity index (χ4v) is 4.42. The standard InChI is InChI=1S/C25H22FNO6/c1-30-23-12-16(8-9-27-23)32-20-7-5-19(26)25-18(20)4-6-21(25)33-15-2-3-17-14(10-24(28)29)13-31-22(17)11-15/h2-3,5,7-9,11-12,14,21H,4,6,10,13H2,1H3,(H,28,29)/t14?,21-/m1/s1. The number of fused-ring (bicyclic) bond motifs is 2. The van der Waals surface area contributed by atoms with Gasteiger partial charge in [0.1, 0.15) is 34.9 Å². The monoisotopic (exact) mass is 451 g/mol. The quantitative estimate of drug-likeness (QED) is 0.539. The number of hydrogen-bond acceptors (Lipinski definition) is 6. The zero-order chi connectivity index (χ0) is 22.9. The Labute approximate surface area is 189 Å². The molecular weight excluding hydrogens is 429 g/mol. The van der Waals surface area contributed by atoms with Crippen molar-refractivity contribution >= 4 is 5.97 Å². The van der Waals surface area contributed by atoms with Crippen molar-refractivity contribution < 1.29 is 33.2 Å². The molecule has 2 aliphatic rings. The maximum atomic E-state index is 14.8. The van der Waals surface area contributed by atoms with Crippen LogP contribution in [0, 0.1) is 5.82 Å². The van der Waals surface area contributed by atoms with Gasteiger partial charge in [-0.05, 0) is 37.1 Å². The molecule has 5 rings (SSSR count). The molecule has 1 aliphatic heterocycles. The van der Waals surface area contributed by atoms with E-state index in [2.05, 4.69) is 4.98 Å². The van der Waals surface area contributed by atoms with Crippen molar-refractivity contribution in [3.05, 3.63) is 71.2 Å². The van der Waals surface area contributed by atoms with Crippen molar-refractivity contribution in [1.82, 2.24) is 4.98 Å². The third-order valence-electron chi connectivity index (χ3n) is 5.95. The molecule has 0 bridgehead atoms. The summed E-state index contributed by atoms with van der Waals surface area (Å²) >= 11 is 0. The Morgan fingerprint density at radius 3 is 2.91 bits per heavy atom. The number of carboxylic acids is 1. The van der Waals surface area contributed by atoms with Crippen molar-refractivity contribution in [2.24, 2.45) is 0 Å². The predicted octanol–water partition coefficient (Wildman–Crippen LogP) is 5.04. The van der Waals surface area contributed by atoms with Gasteiger partial charge < -0.3 is 24.1 Å². The fraction of sp³-hybridized carbons (Fsp3) is 0.280. The molecule has 2 heterocycles. The van der Waals surface area contributed by atoms with Gasteiger partial charge in [-0.25, -0.2) is 9.37 Å². The van der Waals surface area contributed by atoms with E-state index in [9.17, 15) is 9.18 Å². The van der Waals surface area contributed by atoms with Crippen LogP contribution in [0.2, 0.25) is 0 Å². The van der Waals surface area contributed by atoms with Crippen LogP contribution in [0.25, 0.3) is 0 Å². The van der Waals surface area contributed by atoms with Crippen molar-refractivity contribution in [1.29, 1.82) is 0 Å². The molecule has 7 nitrogen and oxygen atoms in total. The van der Waals surface area contributed by atoms with Gasteiger partial charge in [-0.15, -0.1) is 0 Å². The summed E-state index contributed by atoms with van der Waals surface area (Å²) in [6, 6.07) is 11.7. The van der Waals surface area contributed by atoms with Gasteiger partial charge in [0, 0.05) is 40.9 Å². The Kier molecular flexibility index (Phi) is 5.50. The summed E-state index contributed by atoms with van der Waals surface area (Å²) in [5.41, 5.74) is 2.11. The number of aliphatic carboxylic acids is 1. The number of pyridine rings is 1. The third kappa shape index (κ3) is 4.16. The van der Waals surface area contributed by atoms with E-state index in [-0.39, 0.29) is 18.2 Å². The second-order valence-corrected chi connectivity index (χ2v) is 8.02. The zero-order valence-corrected chi connectivity index (χ0v) is 17.9. The van der Waals surface area contributed by atoms with E-state index in [1.807, 2.05) is 6.07 Å². The number of ether oxygens (including phenoxy) is 4. The summed E-state index contributed by atoms with van der Waals surface area (Å²) in [5, 5.41) is 9.07. The average molecular weight is 451 g/mol. The predicted molar refractivity (Wildman–Crippen MR) is 116 cm³/mol. The highest BCUT2D eigenvalue weighted by Gasteiger charge is 2.32. The Bertz CT molecular complexity index is 1210. The van der Waals surface area contributed by atoms with Gasteiger partial charge in [-0.1, -0.05) is 6.07 Å². The molecule has 33 heavy (non-hydrogen) atoms. The van der Waals surface area contributed by atoms with Gasteiger partial charge in [0.2, 0.25) is 5.88 Å². The van der Waals surface area contributed by atoms with E-state index in [0.29, 0.717) is 53.9 Å². The first kappa shape index (κ1) is 21.1. The molecule has 1 aromatic heterocycles. The molecule has 8 heteroatoms. The summed E-state index contributed by atoms with van der Waals surface area (Å²) in [4.78, 5) is 15.1. The molecule has 1 N–H and O–H groups in total. The molecule has 2 atom stereocenters. The molecule has 0 amide bonds. The number of benzene rings is 2. The van der Waals surface area contributed by atoms with Crippen LogP contribution in [-0.4, -0.2) is 29.8 Å². The number of carbonyl (C=O) groups is 1. The van der Waals surface area contributed by atoms with Gasteiger partial charge in [0.25, 0.3) is 0 Å². The van der Waals surface area contributed by atoms with E-state index < -0.39 is 12.1 Å². The van der Waals surface area contributed by atoms with Crippen LogP contribution in [0.15, 0.2) is 48.7 Å². The van der Waals surface area contributed by atoms with Crippen molar-refractivity contribution in [3.8, 4) is 28.9 Å². The van der Waals surface area contributed by atoms with E-state index in [1.165, 1.54) is 13.2 Å². The Balaban J connectivity index is 1.37. The average Bonchev–Trinajstić information content (AvgIpc) is 3.40. The molecule has 0 spiro atoms. The van der Waals surface area contributed by atoms with E-state index in [1.54, 1.807) is 36.5 Å². The zero-order valence-electron chi connectivity index (χ0n) is 17.9. The molecule has 3 aromatic rings. The largest absolute Gasteiger partial charge is 0.492 e. The molecule has 1 aliphatic carbocycles. The topological polar surface area (TPSA) is 87.1 Å². The SMILES string of the molecule is COc1cc(Oc2ccc(F)c3c2CC[C@H]3Oc2ccc3c(c2)OCC3CC(=O)O)ccn1. The Morgan fingerprint density at radius 1 is 1.21 bits per heavy atom. The molecule has 170 valence electrons. The van der Waals surface area contributed by atoms with Gasteiger partial charge in [0.15, 0.2) is 0 Å². The minimum Gasteiger partial charge on any atom is -0.492 e. The molecule has 0 saturated carbocycles. The van der Waals surface area contributed by atoms with Crippen LogP contribution in [0.3, 0.4) is 0 Å². The lowest BCUT2D eigenvalue weighted by Gasteiger charge is -2.17. The third-order valence-corrected chi connectivity index (χ3v) is 5.95. The van der Waals surface area contributed by atoms with Crippen LogP contribution in [0.1, 0.15) is 41.6 Å². The maximum absolute atomic E-state index is 14.8. The number of hydrogen-bond donors (Lipinski definition) is 1. The van der Waals surface area contributed by atoms with Gasteiger partial charge >= 0.3 is 5.97 Å². The van der Waals surface area contributed by atoms with Crippen molar-refractivity contribution in [2.45, 2.75) is 31.3 Å². The lowest BCUT2D eigenvalue weighted by Crippen LogP contribution is -2.07. The summed E-state index contributed by atoms with van der Waals surface area (Å²) in [5.74, 6) is 1.32.